The molecule has 14 heteroatoms. The fourth-order valence-corrected chi connectivity index (χ4v) is 7.61. The number of amides is 2. The van der Waals surface area contributed by atoms with E-state index in [2.05, 4.69) is 4.98 Å². The summed E-state index contributed by atoms with van der Waals surface area (Å²) in [5.41, 5.74) is -0.394. The summed E-state index contributed by atoms with van der Waals surface area (Å²) in [4.78, 5) is 93.8. The van der Waals surface area contributed by atoms with Gasteiger partial charge in [-0.1, -0.05) is 11.3 Å². The number of nitro benzene ring substituents is 1. The summed E-state index contributed by atoms with van der Waals surface area (Å²) in [6.07, 6.45) is 3.89. The number of ether oxygens (including phenoxy) is 2. The number of thiazole rings is 1. The number of nitrogens with zero attached hydrogens (tertiary/aromatic N) is 3. The van der Waals surface area contributed by atoms with Crippen LogP contribution >= 0.6 is 11.3 Å². The van der Waals surface area contributed by atoms with Crippen LogP contribution in [0.1, 0.15) is 85.9 Å². The van der Waals surface area contributed by atoms with Crippen LogP contribution < -0.4 is 14.4 Å². The van der Waals surface area contributed by atoms with Gasteiger partial charge >= 0.3 is 11.9 Å². The number of imide groups is 1. The molecule has 0 N–H and O–H groups in total. The van der Waals surface area contributed by atoms with Crippen molar-refractivity contribution in [3.63, 3.8) is 0 Å². The number of hydrogen-bond acceptors (Lipinski definition) is 12. The number of Topliss-reactive ketones (excluding diaryl/α,β-unsaturated/α-hetero) is 2. The van der Waals surface area contributed by atoms with Gasteiger partial charge in [0, 0.05) is 24.0 Å². The quantitative estimate of drug-likeness (QED) is 0.0963. The van der Waals surface area contributed by atoms with Gasteiger partial charge in [0.15, 0.2) is 0 Å². The van der Waals surface area contributed by atoms with Crippen molar-refractivity contribution in [3.8, 4) is 11.5 Å². The Bertz CT molecular complexity index is 1760. The molecule has 2 saturated carbocycles. The lowest BCUT2D eigenvalue weighted by atomic mass is 9.80. The Labute approximate surface area is 272 Å². The second-order valence-corrected chi connectivity index (χ2v) is 13.3. The summed E-state index contributed by atoms with van der Waals surface area (Å²) in [6, 6.07) is 6.58. The molecule has 0 unspecified atom stereocenters. The van der Waals surface area contributed by atoms with Crippen molar-refractivity contribution in [1.82, 2.24) is 4.98 Å². The van der Waals surface area contributed by atoms with Gasteiger partial charge < -0.3 is 9.47 Å². The second kappa shape index (κ2) is 12.7. The number of aromatic nitrogens is 1. The normalized spacial score (nSPS) is 22.6. The summed E-state index contributed by atoms with van der Waals surface area (Å²) in [5.74, 6) is -4.39. The van der Waals surface area contributed by atoms with E-state index in [1.807, 2.05) is 0 Å². The van der Waals surface area contributed by atoms with E-state index in [9.17, 15) is 38.9 Å². The predicted molar refractivity (Wildman–Crippen MR) is 167 cm³/mol. The van der Waals surface area contributed by atoms with Crippen LogP contribution in [0.3, 0.4) is 0 Å². The Balaban J connectivity index is 1.32. The summed E-state index contributed by atoms with van der Waals surface area (Å²) >= 11 is 0.892. The van der Waals surface area contributed by atoms with E-state index in [0.717, 1.165) is 16.2 Å². The van der Waals surface area contributed by atoms with Crippen LogP contribution in [0.25, 0.3) is 10.2 Å². The molecule has 47 heavy (non-hydrogen) atoms. The van der Waals surface area contributed by atoms with Gasteiger partial charge in [-0.2, -0.15) is 0 Å². The van der Waals surface area contributed by atoms with Gasteiger partial charge in [0.2, 0.25) is 5.13 Å². The van der Waals surface area contributed by atoms with Gasteiger partial charge in [-0.05, 0) is 83.4 Å². The molecule has 1 aromatic heterocycles. The van der Waals surface area contributed by atoms with Crippen LogP contribution in [-0.4, -0.2) is 45.2 Å². The number of anilines is 1. The molecule has 0 spiro atoms. The fourth-order valence-electron chi connectivity index (χ4n) is 6.61. The molecular formula is C33H31N3O10S. The molecule has 0 atom stereocenters. The predicted octanol–water partition coefficient (Wildman–Crippen LogP) is 5.61. The number of carbonyl (C=O) groups excluding carboxylic acids is 6. The Morgan fingerprint density at radius 3 is 1.64 bits per heavy atom. The van der Waals surface area contributed by atoms with E-state index in [4.69, 9.17) is 9.47 Å². The van der Waals surface area contributed by atoms with E-state index >= 15 is 0 Å². The maximum atomic E-state index is 14.0. The molecule has 2 aliphatic carbocycles. The lowest BCUT2D eigenvalue weighted by molar-refractivity contribution is -0.384. The van der Waals surface area contributed by atoms with Crippen molar-refractivity contribution in [2.24, 2.45) is 23.7 Å². The number of hydrogen-bond donors (Lipinski definition) is 0. The Kier molecular flexibility index (Phi) is 8.70. The van der Waals surface area contributed by atoms with Crippen LogP contribution in [0.15, 0.2) is 30.3 Å². The van der Waals surface area contributed by atoms with E-state index in [1.165, 1.54) is 44.2 Å². The maximum absolute atomic E-state index is 14.0. The van der Waals surface area contributed by atoms with Crippen molar-refractivity contribution in [2.75, 3.05) is 4.90 Å². The van der Waals surface area contributed by atoms with Gasteiger partial charge in [0.05, 0.1) is 38.1 Å². The molecule has 2 aromatic carbocycles. The number of rotatable bonds is 8. The van der Waals surface area contributed by atoms with Gasteiger partial charge in [0.1, 0.15) is 23.1 Å². The third kappa shape index (κ3) is 6.16. The zero-order valence-corrected chi connectivity index (χ0v) is 26.5. The minimum absolute atomic E-state index is 0.0636. The third-order valence-corrected chi connectivity index (χ3v) is 10.4. The largest absolute Gasteiger partial charge is 0.425 e. The highest BCUT2D eigenvalue weighted by Gasteiger charge is 2.45. The first-order chi connectivity index (χ1) is 22.4. The van der Waals surface area contributed by atoms with Gasteiger partial charge in [-0.25, -0.2) is 9.88 Å². The topological polar surface area (TPSA) is 180 Å². The molecule has 2 fully saturated rings. The maximum Gasteiger partial charge on any atom is 0.314 e. The minimum Gasteiger partial charge on any atom is -0.425 e. The Hall–Kier alpha value is -4.85. The average Bonchev–Trinajstić information content (AvgIpc) is 3.59. The van der Waals surface area contributed by atoms with E-state index in [1.54, 1.807) is 0 Å². The summed E-state index contributed by atoms with van der Waals surface area (Å²) in [5, 5.41) is 11.2. The van der Waals surface area contributed by atoms with Crippen molar-refractivity contribution in [3.05, 3.63) is 51.6 Å². The molecular weight excluding hydrogens is 630 g/mol. The first kappa shape index (κ1) is 32.1. The Morgan fingerprint density at radius 2 is 1.21 bits per heavy atom. The Morgan fingerprint density at radius 1 is 0.766 bits per heavy atom. The van der Waals surface area contributed by atoms with Crippen LogP contribution in [0.4, 0.5) is 10.8 Å². The number of ketones is 2. The van der Waals surface area contributed by atoms with E-state index in [-0.39, 0.29) is 56.8 Å². The molecule has 0 bridgehead atoms. The molecule has 3 aliphatic rings. The van der Waals surface area contributed by atoms with E-state index in [0.29, 0.717) is 61.6 Å². The van der Waals surface area contributed by atoms with Crippen LogP contribution in [0, 0.1) is 33.8 Å². The molecule has 244 valence electrons. The standard InChI is InChI=1S/C33H31N3O10S/c1-16(37)18-3-7-20(8-4-18)31(41)45-24-13-14-25(46-32(42)21-9-5-19(6-10-21)17(2)38)28-27(24)29(39)35(30(28)40)33-34-23-12-11-22(36(43)44)15-26(23)47-33/h11-15,18-21H,3-10H2,1-2H3. The summed E-state index contributed by atoms with van der Waals surface area (Å²) in [6.45, 7) is 3.05. The number of non-ortho nitro benzene ring substituents is 1. The van der Waals surface area contributed by atoms with Crippen molar-refractivity contribution in [1.29, 1.82) is 0 Å². The molecule has 2 heterocycles. The SMILES string of the molecule is CC(=O)C1CCC(C(=O)Oc2ccc(OC(=O)C3CCC(C(C)=O)CC3)c3c2C(=O)N(c2nc4ccc([N+](=O)[O-])cc4s2)C3=O)CC1. The monoisotopic (exact) mass is 661 g/mol. The van der Waals surface area contributed by atoms with Crippen molar-refractivity contribution >= 4 is 67.7 Å². The highest BCUT2D eigenvalue weighted by Crippen LogP contribution is 2.43. The number of benzene rings is 2. The zero-order chi connectivity index (χ0) is 33.6. The molecule has 0 radical (unpaired) electrons. The lowest BCUT2D eigenvalue weighted by Crippen LogP contribution is -2.30. The fraction of sp³-hybridized carbons (Fsp3) is 0.424. The first-order valence-corrected chi connectivity index (χ1v) is 16.3. The van der Waals surface area contributed by atoms with Gasteiger partial charge in [-0.15, -0.1) is 0 Å². The van der Waals surface area contributed by atoms with Gasteiger partial charge in [0.25, 0.3) is 17.5 Å². The first-order valence-electron chi connectivity index (χ1n) is 15.5. The highest BCUT2D eigenvalue weighted by atomic mass is 32.1. The molecule has 3 aromatic rings. The van der Waals surface area contributed by atoms with E-state index < -0.39 is 40.5 Å². The number of nitro groups is 1. The summed E-state index contributed by atoms with van der Waals surface area (Å²) < 4.78 is 11.8. The van der Waals surface area contributed by atoms with Crippen LogP contribution in [0.5, 0.6) is 11.5 Å². The zero-order valence-electron chi connectivity index (χ0n) is 25.7. The van der Waals surface area contributed by atoms with Crippen molar-refractivity contribution in [2.45, 2.75) is 65.2 Å². The molecule has 2 amide bonds. The average molecular weight is 662 g/mol. The highest BCUT2D eigenvalue weighted by molar-refractivity contribution is 7.22. The number of esters is 2. The second-order valence-electron chi connectivity index (χ2n) is 12.3. The summed E-state index contributed by atoms with van der Waals surface area (Å²) in [7, 11) is 0. The molecule has 1 aliphatic heterocycles. The molecule has 0 saturated heterocycles. The molecule has 6 rings (SSSR count). The lowest BCUT2D eigenvalue weighted by Gasteiger charge is -2.26. The van der Waals surface area contributed by atoms with Gasteiger partial charge in [-0.3, -0.25) is 38.9 Å². The van der Waals surface area contributed by atoms with Crippen molar-refractivity contribution < 1.29 is 43.2 Å². The number of fused-ring (bicyclic) bond motifs is 2. The third-order valence-electron chi connectivity index (χ3n) is 9.42. The molecule has 13 nitrogen and oxygen atoms in total. The minimum atomic E-state index is -0.860. The smallest absolute Gasteiger partial charge is 0.314 e. The number of carbonyl (C=O) groups is 6. The van der Waals surface area contributed by atoms with Crippen LogP contribution in [0.2, 0.25) is 0 Å². The van der Waals surface area contributed by atoms with Crippen LogP contribution in [-0.2, 0) is 19.2 Å².